The van der Waals surface area contributed by atoms with Crippen molar-refractivity contribution < 1.29 is 17.6 Å². The van der Waals surface area contributed by atoms with Crippen LogP contribution in [0.3, 0.4) is 0 Å². The molecule has 0 aliphatic carbocycles. The molecule has 1 atom stereocenters. The van der Waals surface area contributed by atoms with E-state index in [1.807, 2.05) is 13.8 Å². The Morgan fingerprint density at radius 1 is 1.44 bits per heavy atom. The lowest BCUT2D eigenvalue weighted by Crippen LogP contribution is -2.26. The zero-order chi connectivity index (χ0) is 13.6. The lowest BCUT2D eigenvalue weighted by atomic mass is 10.1. The molecule has 0 aromatic carbocycles. The highest BCUT2D eigenvalue weighted by Crippen LogP contribution is 2.22. The molecule has 0 aliphatic heterocycles. The predicted molar refractivity (Wildman–Crippen MR) is 62.1 cm³/mol. The summed E-state index contributed by atoms with van der Waals surface area (Å²) in [5.74, 6) is 1.39. The van der Waals surface area contributed by atoms with Gasteiger partial charge in [0.2, 0.25) is 5.89 Å². The maximum absolute atomic E-state index is 12.0. The molecule has 3 nitrogen and oxygen atoms in total. The van der Waals surface area contributed by atoms with Gasteiger partial charge >= 0.3 is 6.18 Å². The molecule has 0 radical (unpaired) electrons. The number of alkyl halides is 3. The van der Waals surface area contributed by atoms with Gasteiger partial charge in [0.25, 0.3) is 0 Å². The largest absolute Gasteiger partial charge is 0.444 e. The number of aryl methyl sites for hydroxylation is 1. The van der Waals surface area contributed by atoms with E-state index < -0.39 is 12.6 Å². The molecule has 0 amide bonds. The fourth-order valence-corrected chi connectivity index (χ4v) is 1.57. The van der Waals surface area contributed by atoms with E-state index in [4.69, 9.17) is 4.42 Å². The van der Waals surface area contributed by atoms with Gasteiger partial charge in [-0.1, -0.05) is 6.92 Å². The normalized spacial score (nSPS) is 13.8. The quantitative estimate of drug-likeness (QED) is 0.819. The van der Waals surface area contributed by atoms with E-state index in [1.54, 1.807) is 6.20 Å². The molecule has 6 heteroatoms. The Balaban J connectivity index is 2.18. The molecule has 0 bridgehead atoms. The number of aromatic nitrogens is 1. The van der Waals surface area contributed by atoms with Gasteiger partial charge in [-0.05, 0) is 19.8 Å². The van der Waals surface area contributed by atoms with Crippen molar-refractivity contribution in [1.82, 2.24) is 10.3 Å². The molecule has 1 aromatic rings. The monoisotopic (exact) mass is 264 g/mol. The van der Waals surface area contributed by atoms with Gasteiger partial charge in [0, 0.05) is 18.9 Å². The van der Waals surface area contributed by atoms with Crippen molar-refractivity contribution in [2.75, 3.05) is 0 Å². The molecule has 1 rings (SSSR count). The molecule has 104 valence electrons. The van der Waals surface area contributed by atoms with E-state index in [1.165, 1.54) is 0 Å². The Kier molecular flexibility index (Phi) is 5.65. The zero-order valence-electron chi connectivity index (χ0n) is 10.7. The van der Waals surface area contributed by atoms with Crippen molar-refractivity contribution in [2.45, 2.75) is 58.3 Å². The van der Waals surface area contributed by atoms with E-state index >= 15 is 0 Å². The van der Waals surface area contributed by atoms with Crippen LogP contribution >= 0.6 is 0 Å². The number of hydrogen-bond acceptors (Lipinski definition) is 3. The summed E-state index contributed by atoms with van der Waals surface area (Å²) < 4.78 is 41.2. The first-order chi connectivity index (χ1) is 8.40. The summed E-state index contributed by atoms with van der Waals surface area (Å²) in [7, 11) is 0. The zero-order valence-corrected chi connectivity index (χ0v) is 10.7. The molecule has 0 saturated carbocycles. The van der Waals surface area contributed by atoms with E-state index in [-0.39, 0.29) is 12.5 Å². The van der Waals surface area contributed by atoms with Crippen molar-refractivity contribution >= 4 is 0 Å². The number of halogens is 3. The van der Waals surface area contributed by atoms with Crippen LogP contribution in [0, 0.1) is 0 Å². The Bertz CT molecular complexity index is 349. The Labute approximate surface area is 105 Å². The smallest absolute Gasteiger partial charge is 0.389 e. The molecule has 18 heavy (non-hydrogen) atoms. The van der Waals surface area contributed by atoms with Crippen LogP contribution in [0.1, 0.15) is 44.8 Å². The van der Waals surface area contributed by atoms with Gasteiger partial charge in [-0.2, -0.15) is 13.2 Å². The molecule has 0 saturated heterocycles. The summed E-state index contributed by atoms with van der Waals surface area (Å²) in [5, 5.41) is 3.10. The number of hydrogen-bond donors (Lipinski definition) is 1. The molecule has 0 aliphatic rings. The van der Waals surface area contributed by atoms with Crippen LogP contribution in [-0.2, 0) is 13.0 Å². The van der Waals surface area contributed by atoms with Crippen LogP contribution in [0.25, 0.3) is 0 Å². The van der Waals surface area contributed by atoms with Crippen LogP contribution in [0.2, 0.25) is 0 Å². The van der Waals surface area contributed by atoms with E-state index in [9.17, 15) is 13.2 Å². The second-order valence-electron chi connectivity index (χ2n) is 4.36. The van der Waals surface area contributed by atoms with Gasteiger partial charge in [-0.3, -0.25) is 0 Å². The third-order valence-electron chi connectivity index (χ3n) is 2.65. The van der Waals surface area contributed by atoms with Crippen molar-refractivity contribution in [2.24, 2.45) is 0 Å². The minimum atomic E-state index is -4.06. The highest BCUT2D eigenvalue weighted by molar-refractivity contribution is 4.93. The molecule has 1 heterocycles. The standard InChI is InChI=1S/C12H19F3N2O/c1-3-10-7-17-11(18-10)8-16-9(2)5-4-6-12(13,14)15/h7,9,16H,3-6,8H2,1-2H3. The van der Waals surface area contributed by atoms with Crippen molar-refractivity contribution in [3.05, 3.63) is 17.8 Å². The average Bonchev–Trinajstić information content (AvgIpc) is 2.72. The minimum Gasteiger partial charge on any atom is -0.444 e. The molecule has 0 fully saturated rings. The first-order valence-corrected chi connectivity index (χ1v) is 6.14. The first-order valence-electron chi connectivity index (χ1n) is 6.14. The molecular formula is C12H19F3N2O. The predicted octanol–water partition coefficient (Wildman–Crippen LogP) is 3.45. The molecule has 1 N–H and O–H groups in total. The number of nitrogens with zero attached hydrogens (tertiary/aromatic N) is 1. The summed E-state index contributed by atoms with van der Waals surface area (Å²) in [6.45, 7) is 4.28. The van der Waals surface area contributed by atoms with E-state index in [0.29, 0.717) is 18.9 Å². The highest BCUT2D eigenvalue weighted by Gasteiger charge is 2.26. The summed E-state index contributed by atoms with van der Waals surface area (Å²) in [4.78, 5) is 4.07. The van der Waals surface area contributed by atoms with Crippen LogP contribution in [-0.4, -0.2) is 17.2 Å². The third kappa shape index (κ3) is 6.05. The first kappa shape index (κ1) is 15.0. The number of oxazole rings is 1. The van der Waals surface area contributed by atoms with Gasteiger partial charge in [0.05, 0.1) is 12.7 Å². The SMILES string of the molecule is CCc1cnc(CNC(C)CCCC(F)(F)F)o1. The summed E-state index contributed by atoms with van der Waals surface area (Å²) in [6.07, 6.45) is -1.69. The van der Waals surface area contributed by atoms with Crippen molar-refractivity contribution in [3.8, 4) is 0 Å². The van der Waals surface area contributed by atoms with Crippen LogP contribution < -0.4 is 5.32 Å². The molecule has 1 aromatic heterocycles. The van der Waals surface area contributed by atoms with Crippen LogP contribution in [0.4, 0.5) is 13.2 Å². The third-order valence-corrected chi connectivity index (χ3v) is 2.65. The van der Waals surface area contributed by atoms with Crippen molar-refractivity contribution in [1.29, 1.82) is 0 Å². The van der Waals surface area contributed by atoms with Crippen molar-refractivity contribution in [3.63, 3.8) is 0 Å². The van der Waals surface area contributed by atoms with Crippen LogP contribution in [0.15, 0.2) is 10.6 Å². The number of rotatable bonds is 7. The molecular weight excluding hydrogens is 245 g/mol. The van der Waals surface area contributed by atoms with Gasteiger partial charge in [-0.15, -0.1) is 0 Å². The Morgan fingerprint density at radius 2 is 2.17 bits per heavy atom. The second kappa shape index (κ2) is 6.78. The van der Waals surface area contributed by atoms with E-state index in [2.05, 4.69) is 10.3 Å². The fourth-order valence-electron chi connectivity index (χ4n) is 1.57. The van der Waals surface area contributed by atoms with Gasteiger partial charge in [0.1, 0.15) is 5.76 Å². The molecule has 1 unspecified atom stereocenters. The number of nitrogens with one attached hydrogen (secondary N) is 1. The fraction of sp³-hybridized carbons (Fsp3) is 0.750. The summed E-state index contributed by atoms with van der Waals surface area (Å²) >= 11 is 0. The minimum absolute atomic E-state index is 0.0179. The Morgan fingerprint density at radius 3 is 2.72 bits per heavy atom. The lowest BCUT2D eigenvalue weighted by Gasteiger charge is -2.13. The Hall–Kier alpha value is -1.04. The summed E-state index contributed by atoms with van der Waals surface area (Å²) in [5.41, 5.74) is 0. The maximum atomic E-state index is 12.0. The highest BCUT2D eigenvalue weighted by atomic mass is 19.4. The van der Waals surface area contributed by atoms with Gasteiger partial charge in [0.15, 0.2) is 0 Å². The maximum Gasteiger partial charge on any atom is 0.389 e. The topological polar surface area (TPSA) is 38.1 Å². The lowest BCUT2D eigenvalue weighted by molar-refractivity contribution is -0.135. The summed E-state index contributed by atoms with van der Waals surface area (Å²) in [6, 6.07) is 0.0179. The second-order valence-corrected chi connectivity index (χ2v) is 4.36. The van der Waals surface area contributed by atoms with Gasteiger partial charge < -0.3 is 9.73 Å². The average molecular weight is 264 g/mol. The van der Waals surface area contributed by atoms with E-state index in [0.717, 1.165) is 12.2 Å². The van der Waals surface area contributed by atoms with Gasteiger partial charge in [-0.25, -0.2) is 4.98 Å². The molecule has 0 spiro atoms. The van der Waals surface area contributed by atoms with Crippen LogP contribution in [0.5, 0.6) is 0 Å².